The molecule has 2 aromatic carbocycles. The van der Waals surface area contributed by atoms with Crippen LogP contribution in [0.5, 0.6) is 0 Å². The highest BCUT2D eigenvalue weighted by Crippen LogP contribution is 2.21. The molecule has 0 fully saturated rings. The lowest BCUT2D eigenvalue weighted by Crippen LogP contribution is -2.41. The third-order valence-electron chi connectivity index (χ3n) is 3.99. The maximum atomic E-state index is 12.4. The Morgan fingerprint density at radius 1 is 1.00 bits per heavy atom. The number of anilines is 1. The monoisotopic (exact) mass is 444 g/mol. The van der Waals surface area contributed by atoms with E-state index in [1.165, 1.54) is 24.3 Å². The Labute approximate surface area is 170 Å². The van der Waals surface area contributed by atoms with Gasteiger partial charge in [0, 0.05) is 11.3 Å². The molecule has 1 unspecified atom stereocenters. The van der Waals surface area contributed by atoms with Crippen molar-refractivity contribution in [3.63, 3.8) is 0 Å². The summed E-state index contributed by atoms with van der Waals surface area (Å²) in [5.41, 5.74) is 1.02. The number of sulfone groups is 1. The van der Waals surface area contributed by atoms with Crippen LogP contribution in [0.4, 0.5) is 5.69 Å². The number of rotatable bonds is 7. The largest absolute Gasteiger partial charge is 0.348 e. The molecule has 0 spiro atoms. The maximum absolute atomic E-state index is 12.4. The molecule has 2 aromatic rings. The van der Waals surface area contributed by atoms with Crippen molar-refractivity contribution >= 4 is 43.1 Å². The Morgan fingerprint density at radius 3 is 2.00 bits per heavy atom. The molecule has 10 heteroatoms. The zero-order chi connectivity index (χ0) is 21.1. The first-order chi connectivity index (χ1) is 12.9. The summed E-state index contributed by atoms with van der Waals surface area (Å²) >= 11 is 5.83. The van der Waals surface area contributed by atoms with Gasteiger partial charge in [-0.05, 0) is 48.9 Å². The zero-order valence-corrected chi connectivity index (χ0v) is 18.0. The number of hydrogen-bond acceptors (Lipinski definition) is 5. The molecule has 1 atom stereocenters. The minimum atomic E-state index is -3.69. The normalized spacial score (nSPS) is 13.0. The molecule has 0 aromatic heterocycles. The molecule has 0 aliphatic carbocycles. The lowest BCUT2D eigenvalue weighted by atomic mass is 10.1. The van der Waals surface area contributed by atoms with Gasteiger partial charge < -0.3 is 5.32 Å². The molecule has 2 rings (SSSR count). The van der Waals surface area contributed by atoms with Crippen molar-refractivity contribution in [3.8, 4) is 0 Å². The first kappa shape index (κ1) is 22.2. The minimum Gasteiger partial charge on any atom is -0.348 e. The fourth-order valence-electron chi connectivity index (χ4n) is 2.51. The van der Waals surface area contributed by atoms with Crippen LogP contribution < -0.4 is 9.62 Å². The molecule has 28 heavy (non-hydrogen) atoms. The van der Waals surface area contributed by atoms with Gasteiger partial charge in [0.2, 0.25) is 15.9 Å². The third-order valence-corrected chi connectivity index (χ3v) is 6.51. The van der Waals surface area contributed by atoms with Crippen LogP contribution in [0.15, 0.2) is 53.4 Å². The topological polar surface area (TPSA) is 101 Å². The van der Waals surface area contributed by atoms with E-state index in [4.69, 9.17) is 11.6 Å². The van der Waals surface area contributed by atoms with Crippen LogP contribution in [0.3, 0.4) is 0 Å². The van der Waals surface area contributed by atoms with Gasteiger partial charge in [0.15, 0.2) is 9.84 Å². The van der Waals surface area contributed by atoms with Gasteiger partial charge in [-0.15, -0.1) is 0 Å². The number of sulfonamides is 1. The van der Waals surface area contributed by atoms with Crippen LogP contribution >= 0.6 is 11.6 Å². The summed E-state index contributed by atoms with van der Waals surface area (Å²) < 4.78 is 48.2. The lowest BCUT2D eigenvalue weighted by Gasteiger charge is -2.23. The van der Waals surface area contributed by atoms with Crippen molar-refractivity contribution in [2.75, 3.05) is 23.4 Å². The molecular formula is C18H21ClN2O5S2. The summed E-state index contributed by atoms with van der Waals surface area (Å²) in [7, 11) is -6.99. The van der Waals surface area contributed by atoms with Crippen molar-refractivity contribution in [1.29, 1.82) is 0 Å². The average molecular weight is 445 g/mol. The smallest absolute Gasteiger partial charge is 0.241 e. The van der Waals surface area contributed by atoms with Crippen molar-refractivity contribution in [2.24, 2.45) is 0 Å². The molecule has 7 nitrogen and oxygen atoms in total. The van der Waals surface area contributed by atoms with E-state index in [0.29, 0.717) is 16.3 Å². The number of halogens is 1. The lowest BCUT2D eigenvalue weighted by molar-refractivity contribution is -0.120. The highest BCUT2D eigenvalue weighted by molar-refractivity contribution is 7.92. The number of carbonyl (C=O) groups excluding carboxylic acids is 1. The minimum absolute atomic E-state index is 0.181. The predicted octanol–water partition coefficient (Wildman–Crippen LogP) is 2.39. The molecule has 0 bridgehead atoms. The van der Waals surface area contributed by atoms with Gasteiger partial charge >= 0.3 is 0 Å². The fourth-order valence-corrected chi connectivity index (χ4v) is 4.12. The van der Waals surface area contributed by atoms with Crippen molar-refractivity contribution in [2.45, 2.75) is 17.9 Å². The second kappa shape index (κ2) is 8.50. The average Bonchev–Trinajstić information content (AvgIpc) is 2.59. The van der Waals surface area contributed by atoms with Crippen molar-refractivity contribution in [1.82, 2.24) is 5.32 Å². The van der Waals surface area contributed by atoms with E-state index in [-0.39, 0.29) is 4.90 Å². The quantitative estimate of drug-likeness (QED) is 0.706. The van der Waals surface area contributed by atoms with Crippen LogP contribution in [0.25, 0.3) is 0 Å². The molecule has 0 heterocycles. The highest BCUT2D eigenvalue weighted by atomic mass is 35.5. The van der Waals surface area contributed by atoms with Gasteiger partial charge in [-0.1, -0.05) is 23.7 Å². The summed E-state index contributed by atoms with van der Waals surface area (Å²) in [6.45, 7) is 1.33. The summed E-state index contributed by atoms with van der Waals surface area (Å²) in [5.74, 6) is -0.500. The third kappa shape index (κ3) is 5.95. The number of nitrogens with zero attached hydrogens (tertiary/aromatic N) is 1. The Kier molecular flexibility index (Phi) is 6.74. The summed E-state index contributed by atoms with van der Waals surface area (Å²) in [6.07, 6.45) is 2.13. The van der Waals surface area contributed by atoms with Gasteiger partial charge in [0.1, 0.15) is 6.54 Å². The molecule has 1 N–H and O–H groups in total. The van der Waals surface area contributed by atoms with Crippen LogP contribution in [0.1, 0.15) is 18.5 Å². The number of hydrogen-bond donors (Lipinski definition) is 1. The molecule has 0 aliphatic rings. The van der Waals surface area contributed by atoms with E-state index in [0.717, 1.165) is 16.8 Å². The van der Waals surface area contributed by atoms with E-state index in [1.807, 2.05) is 0 Å². The van der Waals surface area contributed by atoms with Crippen LogP contribution in [0, 0.1) is 0 Å². The second-order valence-electron chi connectivity index (χ2n) is 6.38. The highest BCUT2D eigenvalue weighted by Gasteiger charge is 2.22. The van der Waals surface area contributed by atoms with Gasteiger partial charge in [-0.25, -0.2) is 16.8 Å². The first-order valence-corrected chi connectivity index (χ1v) is 12.3. The Bertz CT molecular complexity index is 1050. The fraction of sp³-hybridized carbons (Fsp3) is 0.278. The summed E-state index contributed by atoms with van der Waals surface area (Å²) in [4.78, 5) is 12.6. The van der Waals surface area contributed by atoms with Crippen LogP contribution in [-0.4, -0.2) is 41.8 Å². The SMILES string of the molecule is CC(NC(=O)CN(c1ccc(Cl)cc1)S(C)(=O)=O)c1ccc(S(C)(=O)=O)cc1. The number of nitrogens with one attached hydrogen (secondary N) is 1. The maximum Gasteiger partial charge on any atom is 0.241 e. The van der Waals surface area contributed by atoms with E-state index >= 15 is 0 Å². The van der Waals surface area contributed by atoms with E-state index in [2.05, 4.69) is 5.32 Å². The second-order valence-corrected chi connectivity index (χ2v) is 10.7. The van der Waals surface area contributed by atoms with Gasteiger partial charge in [-0.3, -0.25) is 9.10 Å². The van der Waals surface area contributed by atoms with Gasteiger partial charge in [0.05, 0.1) is 22.9 Å². The van der Waals surface area contributed by atoms with E-state index in [9.17, 15) is 21.6 Å². The molecule has 0 aliphatic heterocycles. The predicted molar refractivity (Wildman–Crippen MR) is 110 cm³/mol. The standard InChI is InChI=1S/C18H21ClN2O5S2/c1-13(14-4-10-17(11-5-14)27(2,23)24)20-18(22)12-21(28(3,25)26)16-8-6-15(19)7-9-16/h4-11,13H,12H2,1-3H3,(H,20,22). The molecular weight excluding hydrogens is 424 g/mol. The zero-order valence-electron chi connectivity index (χ0n) is 15.6. The molecule has 1 amide bonds. The molecule has 0 radical (unpaired) electrons. The Hall–Kier alpha value is -2.10. The Balaban J connectivity index is 2.13. The van der Waals surface area contributed by atoms with Crippen LogP contribution in [0.2, 0.25) is 5.02 Å². The summed E-state index contributed by atoms with van der Waals surface area (Å²) in [5, 5.41) is 3.17. The molecule has 152 valence electrons. The number of carbonyl (C=O) groups is 1. The summed E-state index contributed by atoms with van der Waals surface area (Å²) in [6, 6.07) is 11.8. The van der Waals surface area contributed by atoms with Crippen molar-refractivity contribution < 1.29 is 21.6 Å². The van der Waals surface area contributed by atoms with E-state index < -0.39 is 38.4 Å². The number of amides is 1. The Morgan fingerprint density at radius 2 is 1.54 bits per heavy atom. The first-order valence-electron chi connectivity index (χ1n) is 8.20. The van der Waals surface area contributed by atoms with Gasteiger partial charge in [0.25, 0.3) is 0 Å². The van der Waals surface area contributed by atoms with E-state index in [1.54, 1.807) is 31.2 Å². The van der Waals surface area contributed by atoms with Crippen LogP contribution in [-0.2, 0) is 24.7 Å². The molecule has 0 saturated heterocycles. The van der Waals surface area contributed by atoms with Gasteiger partial charge in [-0.2, -0.15) is 0 Å². The molecule has 0 saturated carbocycles. The van der Waals surface area contributed by atoms with Crippen molar-refractivity contribution in [3.05, 3.63) is 59.1 Å². The number of benzene rings is 2.